The van der Waals surface area contributed by atoms with Crippen molar-refractivity contribution in [1.82, 2.24) is 5.43 Å². The molecule has 4 rings (SSSR count). The van der Waals surface area contributed by atoms with E-state index in [-0.39, 0.29) is 12.5 Å². The maximum Gasteiger partial charge on any atom is 0.252 e. The normalized spacial score (nSPS) is 12.6. The monoisotopic (exact) mass is 433 g/mol. The van der Waals surface area contributed by atoms with Gasteiger partial charge in [-0.25, -0.2) is 0 Å². The molecule has 1 N–H and O–H groups in total. The Labute approximate surface area is 185 Å². The van der Waals surface area contributed by atoms with Crippen molar-refractivity contribution in [2.75, 3.05) is 25.7 Å². The Balaban J connectivity index is 1.52. The van der Waals surface area contributed by atoms with Gasteiger partial charge in [0.25, 0.3) is 5.91 Å². The molecule has 0 unspecified atom stereocenters. The van der Waals surface area contributed by atoms with Crippen molar-refractivity contribution in [2.24, 2.45) is 5.10 Å². The maximum absolute atomic E-state index is 13.2. The molecule has 0 saturated carbocycles. The molecule has 0 bridgehead atoms. The molecule has 1 aliphatic heterocycles. The van der Waals surface area contributed by atoms with Crippen LogP contribution >= 0.6 is 11.8 Å². The highest BCUT2D eigenvalue weighted by molar-refractivity contribution is 7.99. The van der Waals surface area contributed by atoms with Gasteiger partial charge >= 0.3 is 0 Å². The Bertz CT molecular complexity index is 1100. The second kappa shape index (κ2) is 9.14. The highest BCUT2D eigenvalue weighted by Crippen LogP contribution is 2.47. The van der Waals surface area contributed by atoms with Gasteiger partial charge in [0.1, 0.15) is 6.54 Å². The molecule has 1 amide bonds. The average molecular weight is 434 g/mol. The summed E-state index contributed by atoms with van der Waals surface area (Å²) < 4.78 is 10.6. The molecule has 0 aliphatic carbocycles. The van der Waals surface area contributed by atoms with Gasteiger partial charge in [0.2, 0.25) is 0 Å². The summed E-state index contributed by atoms with van der Waals surface area (Å²) in [6.45, 7) is 1.94. The van der Waals surface area contributed by atoms with Crippen LogP contribution in [0, 0.1) is 0 Å². The minimum atomic E-state index is -0.0796. The van der Waals surface area contributed by atoms with Crippen molar-refractivity contribution in [3.8, 4) is 11.5 Å². The number of hydrazone groups is 1. The number of nitrogens with zero attached hydrogens (tertiary/aromatic N) is 2. The number of fused-ring (bicyclic) bond motifs is 2. The molecule has 0 atom stereocenters. The summed E-state index contributed by atoms with van der Waals surface area (Å²) in [4.78, 5) is 17.0. The van der Waals surface area contributed by atoms with Gasteiger partial charge in [0.05, 0.1) is 31.3 Å². The molecule has 31 heavy (non-hydrogen) atoms. The lowest BCUT2D eigenvalue weighted by molar-refractivity contribution is -0.117. The van der Waals surface area contributed by atoms with E-state index in [0.717, 1.165) is 32.4 Å². The van der Waals surface area contributed by atoms with Crippen LogP contribution in [0.2, 0.25) is 0 Å². The predicted molar refractivity (Wildman–Crippen MR) is 124 cm³/mol. The minimum absolute atomic E-state index is 0.0674. The molecular weight excluding hydrogens is 410 g/mol. The largest absolute Gasteiger partial charge is 0.493 e. The van der Waals surface area contributed by atoms with Crippen LogP contribution in [0.25, 0.3) is 0 Å². The number of hydrogen-bond acceptors (Lipinski definition) is 6. The zero-order chi connectivity index (χ0) is 21.8. The Morgan fingerprint density at radius 3 is 2.16 bits per heavy atom. The number of ether oxygens (including phenoxy) is 2. The van der Waals surface area contributed by atoms with E-state index in [0.29, 0.717) is 11.5 Å². The van der Waals surface area contributed by atoms with Crippen LogP contribution in [0.4, 0.5) is 11.4 Å². The quantitative estimate of drug-likeness (QED) is 0.445. The average Bonchev–Trinajstić information content (AvgIpc) is 2.81. The molecule has 3 aromatic rings. The van der Waals surface area contributed by atoms with Gasteiger partial charge in [-0.15, -0.1) is 0 Å². The Morgan fingerprint density at radius 1 is 0.935 bits per heavy atom. The van der Waals surface area contributed by atoms with Crippen molar-refractivity contribution in [1.29, 1.82) is 0 Å². The van der Waals surface area contributed by atoms with E-state index in [2.05, 4.69) is 10.5 Å². The fraction of sp³-hybridized carbons (Fsp3) is 0.167. The first-order chi connectivity index (χ1) is 15.1. The molecule has 0 radical (unpaired) electrons. The number of benzene rings is 3. The number of hydrogen-bond donors (Lipinski definition) is 1. The van der Waals surface area contributed by atoms with Crippen LogP contribution in [0.5, 0.6) is 11.5 Å². The Kier molecular flexibility index (Phi) is 6.13. The van der Waals surface area contributed by atoms with Crippen molar-refractivity contribution in [3.05, 3.63) is 72.3 Å². The first-order valence-corrected chi connectivity index (χ1v) is 10.6. The second-order valence-corrected chi connectivity index (χ2v) is 7.95. The third-order valence-corrected chi connectivity index (χ3v) is 6.09. The van der Waals surface area contributed by atoms with E-state index in [4.69, 9.17) is 9.47 Å². The van der Waals surface area contributed by atoms with E-state index in [1.54, 1.807) is 30.9 Å². The maximum atomic E-state index is 13.2. The molecule has 7 heteroatoms. The zero-order valence-corrected chi connectivity index (χ0v) is 18.4. The summed E-state index contributed by atoms with van der Waals surface area (Å²) in [6, 6.07) is 21.4. The SMILES string of the molecule is COc1ccc(C(C)=NNCC(=O)N2c3ccccc3Sc3ccccc32)cc1OC. The van der Waals surface area contributed by atoms with E-state index in [9.17, 15) is 4.79 Å². The van der Waals surface area contributed by atoms with Gasteiger partial charge < -0.3 is 14.9 Å². The van der Waals surface area contributed by atoms with Crippen molar-refractivity contribution >= 4 is 34.8 Å². The number of carbonyl (C=O) groups is 1. The number of methoxy groups -OCH3 is 2. The van der Waals surface area contributed by atoms with Crippen LogP contribution in [0.1, 0.15) is 12.5 Å². The molecular formula is C24H23N3O3S. The third-order valence-electron chi connectivity index (χ3n) is 4.96. The smallest absolute Gasteiger partial charge is 0.252 e. The number of carbonyl (C=O) groups excluding carboxylic acids is 1. The van der Waals surface area contributed by atoms with Crippen LogP contribution < -0.4 is 19.8 Å². The summed E-state index contributed by atoms with van der Waals surface area (Å²) in [6.07, 6.45) is 0. The van der Waals surface area contributed by atoms with Gasteiger partial charge in [-0.05, 0) is 49.4 Å². The number of anilines is 2. The lowest BCUT2D eigenvalue weighted by atomic mass is 10.1. The second-order valence-electron chi connectivity index (χ2n) is 6.87. The number of rotatable bonds is 6. The molecule has 0 spiro atoms. The van der Waals surface area contributed by atoms with Gasteiger partial charge in [0.15, 0.2) is 11.5 Å². The molecule has 0 saturated heterocycles. The van der Waals surface area contributed by atoms with E-state index < -0.39 is 0 Å². The van der Waals surface area contributed by atoms with Gasteiger partial charge in [-0.2, -0.15) is 5.10 Å². The molecule has 1 aliphatic rings. The summed E-state index contributed by atoms with van der Waals surface area (Å²) >= 11 is 1.67. The van der Waals surface area contributed by atoms with Gasteiger partial charge in [-0.3, -0.25) is 9.69 Å². The highest BCUT2D eigenvalue weighted by Gasteiger charge is 2.27. The number of nitrogens with one attached hydrogen (secondary N) is 1. The topological polar surface area (TPSA) is 63.2 Å². The fourth-order valence-electron chi connectivity index (χ4n) is 3.40. The van der Waals surface area contributed by atoms with E-state index >= 15 is 0 Å². The zero-order valence-electron chi connectivity index (χ0n) is 17.6. The molecule has 158 valence electrons. The molecule has 1 heterocycles. The standard InChI is InChI=1S/C24H23N3O3S/c1-16(17-12-13-20(29-2)21(14-17)30-3)26-25-15-24(28)27-18-8-4-6-10-22(18)31-23-11-7-5-9-19(23)27/h4-14,25H,15H2,1-3H3. The first kappa shape index (κ1) is 20.8. The molecule has 3 aromatic carbocycles. The number of para-hydroxylation sites is 2. The number of amides is 1. The van der Waals surface area contributed by atoms with Crippen molar-refractivity contribution in [3.63, 3.8) is 0 Å². The lowest BCUT2D eigenvalue weighted by Gasteiger charge is -2.30. The highest BCUT2D eigenvalue weighted by atomic mass is 32.2. The summed E-state index contributed by atoms with van der Waals surface area (Å²) in [5.74, 6) is 1.20. The molecule has 0 fully saturated rings. The van der Waals surface area contributed by atoms with Crippen LogP contribution in [0.3, 0.4) is 0 Å². The van der Waals surface area contributed by atoms with Gasteiger partial charge in [0, 0.05) is 15.4 Å². The van der Waals surface area contributed by atoms with E-state index in [1.165, 1.54) is 0 Å². The Hall–Kier alpha value is -3.45. The van der Waals surface area contributed by atoms with Crippen molar-refractivity contribution in [2.45, 2.75) is 16.7 Å². The fourth-order valence-corrected chi connectivity index (χ4v) is 4.46. The van der Waals surface area contributed by atoms with Gasteiger partial charge in [-0.1, -0.05) is 36.0 Å². The minimum Gasteiger partial charge on any atom is -0.493 e. The van der Waals surface area contributed by atoms with Crippen LogP contribution in [-0.2, 0) is 4.79 Å². The van der Waals surface area contributed by atoms with E-state index in [1.807, 2.05) is 73.7 Å². The summed E-state index contributed by atoms with van der Waals surface area (Å²) in [7, 11) is 3.19. The molecule has 6 nitrogen and oxygen atoms in total. The molecule has 0 aromatic heterocycles. The van der Waals surface area contributed by atoms with Crippen molar-refractivity contribution < 1.29 is 14.3 Å². The summed E-state index contributed by atoms with van der Waals surface area (Å²) in [5, 5.41) is 4.39. The third kappa shape index (κ3) is 4.22. The summed E-state index contributed by atoms with van der Waals surface area (Å²) in [5.41, 5.74) is 6.32. The van der Waals surface area contributed by atoms with Crippen LogP contribution in [-0.4, -0.2) is 32.4 Å². The lowest BCUT2D eigenvalue weighted by Crippen LogP contribution is -2.35. The van der Waals surface area contributed by atoms with Crippen LogP contribution in [0.15, 0.2) is 81.6 Å². The Morgan fingerprint density at radius 2 is 1.55 bits per heavy atom. The first-order valence-electron chi connectivity index (χ1n) is 9.80. The predicted octanol–water partition coefficient (Wildman–Crippen LogP) is 4.85.